The van der Waals surface area contributed by atoms with Crippen LogP contribution in [0, 0.1) is 11.6 Å². The van der Waals surface area contributed by atoms with Gasteiger partial charge in [0, 0.05) is 10.6 Å². The molecule has 3 N–H and O–H groups in total. The second kappa shape index (κ2) is 8.46. The summed E-state index contributed by atoms with van der Waals surface area (Å²) < 4.78 is 43.9. The van der Waals surface area contributed by atoms with Crippen molar-refractivity contribution >= 4 is 17.5 Å². The van der Waals surface area contributed by atoms with E-state index >= 15 is 0 Å². The molecule has 0 bridgehead atoms. The number of nitrogens with zero attached hydrogens (tertiary/aromatic N) is 1. The Hall–Kier alpha value is -3.17. The zero-order valence-electron chi connectivity index (χ0n) is 15.0. The van der Waals surface area contributed by atoms with Crippen molar-refractivity contribution in [3.05, 3.63) is 64.7 Å². The first-order valence-electron chi connectivity index (χ1n) is 8.20. The molecular formula is C19H15ClF2N2O5. The fourth-order valence-corrected chi connectivity index (χ4v) is 2.77. The van der Waals surface area contributed by atoms with Crippen molar-refractivity contribution in [1.82, 2.24) is 4.98 Å². The molecule has 0 saturated carbocycles. The Kier molecular flexibility index (Phi) is 6.00. The molecule has 0 aliphatic heterocycles. The van der Waals surface area contributed by atoms with Gasteiger partial charge in [0.05, 0.1) is 13.7 Å². The van der Waals surface area contributed by atoms with Crippen molar-refractivity contribution in [2.24, 2.45) is 5.73 Å². The van der Waals surface area contributed by atoms with E-state index in [1.807, 2.05) is 0 Å². The molecule has 1 heterocycles. The SMILES string of the molecule is COc1cc(Cl)ccc1-c1coc(C(CO)Oc2ccc(F)c(C(N)=O)c2F)n1. The van der Waals surface area contributed by atoms with E-state index in [1.54, 1.807) is 18.2 Å². The summed E-state index contributed by atoms with van der Waals surface area (Å²) in [7, 11) is 1.46. The quantitative estimate of drug-likeness (QED) is 0.601. The van der Waals surface area contributed by atoms with Crippen molar-refractivity contribution in [2.45, 2.75) is 6.10 Å². The summed E-state index contributed by atoms with van der Waals surface area (Å²) in [5.74, 6) is -3.85. The summed E-state index contributed by atoms with van der Waals surface area (Å²) in [6.07, 6.45) is 0.0610. The summed E-state index contributed by atoms with van der Waals surface area (Å²) in [5.41, 5.74) is 4.96. The molecule has 7 nitrogen and oxygen atoms in total. The Labute approximate surface area is 168 Å². The molecule has 0 saturated heterocycles. The molecule has 0 aliphatic rings. The Morgan fingerprint density at radius 2 is 2.07 bits per heavy atom. The lowest BCUT2D eigenvalue weighted by molar-refractivity contribution is 0.0887. The van der Waals surface area contributed by atoms with Crippen molar-refractivity contribution in [3.63, 3.8) is 0 Å². The highest BCUT2D eigenvalue weighted by molar-refractivity contribution is 6.30. The minimum absolute atomic E-state index is 0.0798. The van der Waals surface area contributed by atoms with Crippen LogP contribution in [0.25, 0.3) is 11.3 Å². The number of primary amides is 1. The van der Waals surface area contributed by atoms with Crippen LogP contribution in [0.15, 0.2) is 41.0 Å². The molecule has 2 aromatic carbocycles. The first kappa shape index (κ1) is 20.6. The number of benzene rings is 2. The fraction of sp³-hybridized carbons (Fsp3) is 0.158. The molecule has 152 valence electrons. The molecule has 1 amide bonds. The van der Waals surface area contributed by atoms with Gasteiger partial charge in [0.1, 0.15) is 29.1 Å². The standard InChI is InChI=1S/C19H15ClF2N2O5/c1-27-14-6-9(20)2-3-10(14)12-8-28-19(24-12)15(7-25)29-13-5-4-11(21)16(17(13)22)18(23)26/h2-6,8,15,25H,7H2,1H3,(H2,23,26). The summed E-state index contributed by atoms with van der Waals surface area (Å²) in [6.45, 7) is -0.638. The average molecular weight is 425 g/mol. The van der Waals surface area contributed by atoms with Gasteiger partial charge in [0.2, 0.25) is 5.89 Å². The van der Waals surface area contributed by atoms with E-state index in [9.17, 15) is 18.7 Å². The van der Waals surface area contributed by atoms with Crippen LogP contribution in [-0.4, -0.2) is 29.7 Å². The van der Waals surface area contributed by atoms with Gasteiger partial charge in [-0.15, -0.1) is 0 Å². The van der Waals surface area contributed by atoms with Gasteiger partial charge in [-0.3, -0.25) is 4.79 Å². The van der Waals surface area contributed by atoms with E-state index in [1.165, 1.54) is 13.4 Å². The lowest BCUT2D eigenvalue weighted by Crippen LogP contribution is -2.18. The van der Waals surface area contributed by atoms with Crippen LogP contribution in [0.4, 0.5) is 8.78 Å². The molecule has 0 aliphatic carbocycles. The Morgan fingerprint density at radius 1 is 1.31 bits per heavy atom. The van der Waals surface area contributed by atoms with Crippen LogP contribution < -0.4 is 15.2 Å². The third kappa shape index (κ3) is 4.15. The minimum Gasteiger partial charge on any atom is -0.496 e. The topological polar surface area (TPSA) is 108 Å². The smallest absolute Gasteiger partial charge is 0.254 e. The number of nitrogens with two attached hydrogens (primary N) is 1. The van der Waals surface area contributed by atoms with Gasteiger partial charge >= 0.3 is 0 Å². The number of rotatable bonds is 7. The molecule has 0 fully saturated rings. The van der Waals surface area contributed by atoms with Crippen molar-refractivity contribution in [1.29, 1.82) is 0 Å². The van der Waals surface area contributed by atoms with Gasteiger partial charge < -0.3 is 24.7 Å². The molecule has 0 spiro atoms. The first-order valence-corrected chi connectivity index (χ1v) is 8.58. The fourth-order valence-electron chi connectivity index (χ4n) is 2.61. The zero-order valence-corrected chi connectivity index (χ0v) is 15.7. The van der Waals surface area contributed by atoms with Crippen LogP contribution in [0.5, 0.6) is 11.5 Å². The van der Waals surface area contributed by atoms with E-state index in [-0.39, 0.29) is 5.89 Å². The molecule has 3 rings (SSSR count). The number of amides is 1. The number of aliphatic hydroxyl groups excluding tert-OH is 1. The van der Waals surface area contributed by atoms with E-state index in [0.29, 0.717) is 22.0 Å². The Balaban J connectivity index is 1.92. The van der Waals surface area contributed by atoms with Gasteiger partial charge in [-0.2, -0.15) is 0 Å². The lowest BCUT2D eigenvalue weighted by atomic mass is 10.1. The van der Waals surface area contributed by atoms with Gasteiger partial charge in [-0.1, -0.05) is 11.6 Å². The summed E-state index contributed by atoms with van der Waals surface area (Å²) in [4.78, 5) is 15.5. The number of oxazole rings is 1. The second-order valence-corrected chi connectivity index (χ2v) is 6.24. The highest BCUT2D eigenvalue weighted by atomic mass is 35.5. The maximum atomic E-state index is 14.4. The van der Waals surface area contributed by atoms with Gasteiger partial charge in [-0.25, -0.2) is 13.8 Å². The maximum absolute atomic E-state index is 14.4. The third-order valence-electron chi connectivity index (χ3n) is 3.97. The summed E-state index contributed by atoms with van der Waals surface area (Å²) in [5, 5.41) is 10.1. The van der Waals surface area contributed by atoms with Crippen LogP contribution in [0.1, 0.15) is 22.4 Å². The van der Waals surface area contributed by atoms with Crippen LogP contribution in [-0.2, 0) is 0 Å². The predicted octanol–water partition coefficient (Wildman–Crippen LogP) is 3.49. The minimum atomic E-state index is -1.29. The first-order chi connectivity index (χ1) is 13.8. The number of carbonyl (C=O) groups excluding carboxylic acids is 1. The van der Waals surface area contributed by atoms with Gasteiger partial charge in [0.15, 0.2) is 17.7 Å². The average Bonchev–Trinajstić information content (AvgIpc) is 3.16. The normalized spacial score (nSPS) is 11.9. The molecular weight excluding hydrogens is 410 g/mol. The monoisotopic (exact) mass is 424 g/mol. The molecule has 0 radical (unpaired) electrons. The number of ether oxygens (including phenoxy) is 2. The summed E-state index contributed by atoms with van der Waals surface area (Å²) >= 11 is 5.94. The third-order valence-corrected chi connectivity index (χ3v) is 4.21. The van der Waals surface area contributed by atoms with E-state index in [4.69, 9.17) is 31.2 Å². The number of aliphatic hydroxyl groups is 1. The predicted molar refractivity (Wildman–Crippen MR) is 98.8 cm³/mol. The Morgan fingerprint density at radius 3 is 2.72 bits per heavy atom. The van der Waals surface area contributed by atoms with Crippen LogP contribution in [0.3, 0.4) is 0 Å². The number of hydrogen-bond donors (Lipinski definition) is 2. The number of halogens is 3. The lowest BCUT2D eigenvalue weighted by Gasteiger charge is -2.15. The highest BCUT2D eigenvalue weighted by Crippen LogP contribution is 2.34. The molecule has 3 aromatic rings. The Bertz CT molecular complexity index is 1060. The molecule has 29 heavy (non-hydrogen) atoms. The molecule has 10 heteroatoms. The zero-order chi connectivity index (χ0) is 21.1. The highest BCUT2D eigenvalue weighted by Gasteiger charge is 2.25. The summed E-state index contributed by atoms with van der Waals surface area (Å²) in [6, 6.07) is 6.67. The van der Waals surface area contributed by atoms with Crippen LogP contribution in [0.2, 0.25) is 5.02 Å². The van der Waals surface area contributed by atoms with Gasteiger partial charge in [-0.05, 0) is 30.3 Å². The molecule has 1 unspecified atom stereocenters. The molecule has 1 atom stereocenters. The van der Waals surface area contributed by atoms with E-state index < -0.39 is 41.6 Å². The van der Waals surface area contributed by atoms with Crippen molar-refractivity contribution < 1.29 is 32.6 Å². The molecule has 1 aromatic heterocycles. The number of methoxy groups -OCH3 is 1. The largest absolute Gasteiger partial charge is 0.496 e. The second-order valence-electron chi connectivity index (χ2n) is 5.80. The number of carbonyl (C=O) groups is 1. The maximum Gasteiger partial charge on any atom is 0.254 e. The van der Waals surface area contributed by atoms with Crippen molar-refractivity contribution in [2.75, 3.05) is 13.7 Å². The van der Waals surface area contributed by atoms with Crippen LogP contribution >= 0.6 is 11.6 Å². The van der Waals surface area contributed by atoms with E-state index in [0.717, 1.165) is 12.1 Å². The van der Waals surface area contributed by atoms with Crippen molar-refractivity contribution in [3.8, 4) is 22.8 Å². The number of aromatic nitrogens is 1. The van der Waals surface area contributed by atoms with Gasteiger partial charge in [0.25, 0.3) is 5.91 Å². The number of hydrogen-bond acceptors (Lipinski definition) is 6. The van der Waals surface area contributed by atoms with E-state index in [2.05, 4.69) is 4.98 Å².